The fourth-order valence-corrected chi connectivity index (χ4v) is 4.40. The number of nitriles is 2. The van der Waals surface area contributed by atoms with Gasteiger partial charge in [0.15, 0.2) is 0 Å². The van der Waals surface area contributed by atoms with Gasteiger partial charge >= 0.3 is 0 Å². The van der Waals surface area contributed by atoms with Gasteiger partial charge in [-0.1, -0.05) is 101 Å². The second-order valence-electron chi connectivity index (χ2n) is 10.2. The topological polar surface area (TPSA) is 66.0 Å². The quantitative estimate of drug-likeness (QED) is 0.144. The van der Waals surface area contributed by atoms with E-state index >= 15 is 0 Å². The maximum Gasteiger partial charge on any atom is 0.119 e. The molecule has 0 unspecified atom stereocenters. The van der Waals surface area contributed by atoms with E-state index in [0.717, 1.165) is 59.8 Å². The molecular formula is C38H42N2O2. The SMILES string of the molecule is CCCCCCOc1ccc(-c2ccc(C#N)cc2)cc1.CCCCCCOc1ccc(-c2ccc(C#N)cc2)cc1. The molecule has 0 bridgehead atoms. The molecule has 4 aromatic rings. The summed E-state index contributed by atoms with van der Waals surface area (Å²) in [6, 6.07) is 35.8. The van der Waals surface area contributed by atoms with Crippen LogP contribution in [0.2, 0.25) is 0 Å². The van der Waals surface area contributed by atoms with Crippen LogP contribution in [0.5, 0.6) is 11.5 Å². The van der Waals surface area contributed by atoms with Crippen LogP contribution in [0.4, 0.5) is 0 Å². The summed E-state index contributed by atoms with van der Waals surface area (Å²) in [6.45, 7) is 6.00. The van der Waals surface area contributed by atoms with E-state index in [1.165, 1.54) is 38.5 Å². The number of hydrogen-bond acceptors (Lipinski definition) is 4. The summed E-state index contributed by atoms with van der Waals surface area (Å²) >= 11 is 0. The van der Waals surface area contributed by atoms with Gasteiger partial charge in [-0.2, -0.15) is 10.5 Å². The van der Waals surface area contributed by atoms with Crippen LogP contribution in [0.15, 0.2) is 97.1 Å². The van der Waals surface area contributed by atoms with Gasteiger partial charge in [-0.05, 0) is 83.6 Å². The molecule has 0 aliphatic carbocycles. The molecule has 0 aliphatic rings. The lowest BCUT2D eigenvalue weighted by atomic mass is 10.0. The normalized spacial score (nSPS) is 10.1. The number of rotatable bonds is 14. The first-order valence-electron chi connectivity index (χ1n) is 15.1. The number of unbranched alkanes of at least 4 members (excludes halogenated alkanes) is 6. The minimum Gasteiger partial charge on any atom is -0.494 e. The number of hydrogen-bond donors (Lipinski definition) is 0. The molecule has 4 aromatic carbocycles. The predicted octanol–water partition coefficient (Wildman–Crippen LogP) is 10.4. The molecule has 0 saturated carbocycles. The van der Waals surface area contributed by atoms with Crippen molar-refractivity contribution in [1.82, 2.24) is 0 Å². The molecule has 0 aromatic heterocycles. The molecule has 4 rings (SSSR count). The highest BCUT2D eigenvalue weighted by molar-refractivity contribution is 5.65. The summed E-state index contributed by atoms with van der Waals surface area (Å²) in [5.41, 5.74) is 5.87. The minimum atomic E-state index is 0.686. The number of ether oxygens (including phenoxy) is 2. The van der Waals surface area contributed by atoms with Crippen LogP contribution >= 0.6 is 0 Å². The molecule has 0 fully saturated rings. The Hall–Kier alpha value is -4.54. The summed E-state index contributed by atoms with van der Waals surface area (Å²) in [6.07, 6.45) is 9.76. The van der Waals surface area contributed by atoms with E-state index in [9.17, 15) is 0 Å². The van der Waals surface area contributed by atoms with Crippen molar-refractivity contribution < 1.29 is 9.47 Å². The predicted molar refractivity (Wildman–Crippen MR) is 172 cm³/mol. The van der Waals surface area contributed by atoms with Gasteiger partial charge in [0.1, 0.15) is 11.5 Å². The van der Waals surface area contributed by atoms with E-state index in [1.54, 1.807) is 0 Å². The van der Waals surface area contributed by atoms with Crippen molar-refractivity contribution in [2.45, 2.75) is 65.2 Å². The Morgan fingerprint density at radius 2 is 0.738 bits per heavy atom. The van der Waals surface area contributed by atoms with Gasteiger partial charge < -0.3 is 9.47 Å². The molecule has 0 amide bonds. The second-order valence-corrected chi connectivity index (χ2v) is 10.2. The van der Waals surface area contributed by atoms with E-state index in [2.05, 4.69) is 50.3 Å². The van der Waals surface area contributed by atoms with Crippen molar-refractivity contribution in [2.24, 2.45) is 0 Å². The van der Waals surface area contributed by atoms with Crippen molar-refractivity contribution in [3.8, 4) is 45.9 Å². The lowest BCUT2D eigenvalue weighted by Crippen LogP contribution is -1.96. The van der Waals surface area contributed by atoms with Gasteiger partial charge in [0.2, 0.25) is 0 Å². The Kier molecular flexibility index (Phi) is 14.3. The molecular weight excluding hydrogens is 516 g/mol. The van der Waals surface area contributed by atoms with E-state index in [4.69, 9.17) is 20.0 Å². The largest absolute Gasteiger partial charge is 0.494 e. The van der Waals surface area contributed by atoms with Gasteiger partial charge in [-0.3, -0.25) is 0 Å². The molecule has 4 nitrogen and oxygen atoms in total. The summed E-state index contributed by atoms with van der Waals surface area (Å²) in [5, 5.41) is 17.6. The van der Waals surface area contributed by atoms with Crippen LogP contribution in [-0.2, 0) is 0 Å². The maximum absolute atomic E-state index is 8.81. The van der Waals surface area contributed by atoms with Crippen LogP contribution in [0.3, 0.4) is 0 Å². The smallest absolute Gasteiger partial charge is 0.119 e. The highest BCUT2D eigenvalue weighted by Gasteiger charge is 2.01. The third-order valence-electron chi connectivity index (χ3n) is 6.94. The van der Waals surface area contributed by atoms with Crippen molar-refractivity contribution in [3.05, 3.63) is 108 Å². The molecule has 0 atom stereocenters. The van der Waals surface area contributed by atoms with E-state index < -0.39 is 0 Å². The van der Waals surface area contributed by atoms with Crippen LogP contribution in [0.25, 0.3) is 22.3 Å². The summed E-state index contributed by atoms with van der Waals surface area (Å²) in [4.78, 5) is 0. The third-order valence-corrected chi connectivity index (χ3v) is 6.94. The van der Waals surface area contributed by atoms with Crippen LogP contribution in [-0.4, -0.2) is 13.2 Å². The summed E-state index contributed by atoms with van der Waals surface area (Å²) in [5.74, 6) is 1.84. The standard InChI is InChI=1S/2C19H21NO/c2*1-2-3-4-5-14-21-19-12-10-18(11-13-19)17-8-6-16(15-20)7-9-17/h2*6-13H,2-5,14H2,1H3. The van der Waals surface area contributed by atoms with Crippen LogP contribution in [0.1, 0.15) is 76.3 Å². The average molecular weight is 559 g/mol. The van der Waals surface area contributed by atoms with Gasteiger partial charge in [0.25, 0.3) is 0 Å². The average Bonchev–Trinajstić information content (AvgIpc) is 3.05. The summed E-state index contributed by atoms with van der Waals surface area (Å²) in [7, 11) is 0. The zero-order valence-corrected chi connectivity index (χ0v) is 25.0. The molecule has 42 heavy (non-hydrogen) atoms. The van der Waals surface area contributed by atoms with Crippen LogP contribution in [0, 0.1) is 22.7 Å². The lowest BCUT2D eigenvalue weighted by molar-refractivity contribution is 0.305. The Bertz CT molecular complexity index is 1270. The molecule has 0 N–H and O–H groups in total. The highest BCUT2D eigenvalue weighted by Crippen LogP contribution is 2.24. The maximum atomic E-state index is 8.81. The van der Waals surface area contributed by atoms with Gasteiger partial charge in [-0.15, -0.1) is 0 Å². The lowest BCUT2D eigenvalue weighted by Gasteiger charge is -2.07. The molecule has 0 radical (unpaired) electrons. The molecule has 0 saturated heterocycles. The molecule has 0 spiro atoms. The second kappa shape index (κ2) is 18.7. The fourth-order valence-electron chi connectivity index (χ4n) is 4.40. The van der Waals surface area contributed by atoms with Gasteiger partial charge in [0.05, 0.1) is 36.5 Å². The highest BCUT2D eigenvalue weighted by atomic mass is 16.5. The van der Waals surface area contributed by atoms with Crippen LogP contribution < -0.4 is 9.47 Å². The summed E-state index contributed by atoms with van der Waals surface area (Å²) < 4.78 is 11.5. The third kappa shape index (κ3) is 11.1. The monoisotopic (exact) mass is 558 g/mol. The zero-order chi connectivity index (χ0) is 29.8. The molecule has 216 valence electrons. The van der Waals surface area contributed by atoms with E-state index in [0.29, 0.717) is 11.1 Å². The number of nitrogens with zero attached hydrogens (tertiary/aromatic N) is 2. The van der Waals surface area contributed by atoms with Gasteiger partial charge in [0, 0.05) is 0 Å². The molecule has 0 aliphatic heterocycles. The van der Waals surface area contributed by atoms with E-state index in [-0.39, 0.29) is 0 Å². The first-order valence-corrected chi connectivity index (χ1v) is 15.1. The Balaban J connectivity index is 0.000000230. The minimum absolute atomic E-state index is 0.686. The van der Waals surface area contributed by atoms with Gasteiger partial charge in [-0.25, -0.2) is 0 Å². The van der Waals surface area contributed by atoms with Crippen molar-refractivity contribution in [1.29, 1.82) is 10.5 Å². The van der Waals surface area contributed by atoms with Crippen molar-refractivity contribution >= 4 is 0 Å². The number of benzene rings is 4. The molecule has 0 heterocycles. The first-order chi connectivity index (χ1) is 20.7. The fraction of sp³-hybridized carbons (Fsp3) is 0.316. The van der Waals surface area contributed by atoms with E-state index in [1.807, 2.05) is 72.8 Å². The Morgan fingerprint density at radius 3 is 1.02 bits per heavy atom. The Labute approximate surface area is 252 Å². The van der Waals surface area contributed by atoms with Crippen molar-refractivity contribution in [2.75, 3.05) is 13.2 Å². The Morgan fingerprint density at radius 1 is 0.429 bits per heavy atom. The molecule has 4 heteroatoms. The van der Waals surface area contributed by atoms with Crippen molar-refractivity contribution in [3.63, 3.8) is 0 Å². The zero-order valence-electron chi connectivity index (χ0n) is 25.0. The first kappa shape index (κ1) is 32.0.